The standard InChI is InChI=1S/C17H11ClN4O3/c18-14-8-13(7-6-12(14)9-19)20-15(23)10-24-17-22-21-16(25-17)11-4-2-1-3-5-11/h1-8H,10H2,(H,20,23). The van der Waals surface area contributed by atoms with Crippen LogP contribution in [-0.2, 0) is 4.79 Å². The van der Waals surface area contributed by atoms with Crippen molar-refractivity contribution in [2.24, 2.45) is 0 Å². The predicted molar refractivity (Wildman–Crippen MR) is 90.0 cm³/mol. The minimum atomic E-state index is -0.430. The number of amides is 1. The molecule has 0 saturated carbocycles. The number of anilines is 1. The fraction of sp³-hybridized carbons (Fsp3) is 0.0588. The van der Waals surface area contributed by atoms with E-state index in [1.807, 2.05) is 36.4 Å². The normalized spacial score (nSPS) is 10.1. The maximum atomic E-state index is 11.9. The van der Waals surface area contributed by atoms with Gasteiger partial charge in [-0.3, -0.25) is 4.79 Å². The highest BCUT2D eigenvalue weighted by molar-refractivity contribution is 6.32. The number of carbonyl (C=O) groups is 1. The number of hydrogen-bond donors (Lipinski definition) is 1. The van der Waals surface area contributed by atoms with Gasteiger partial charge in [0.05, 0.1) is 10.6 Å². The Morgan fingerprint density at radius 2 is 2.04 bits per heavy atom. The SMILES string of the molecule is N#Cc1ccc(NC(=O)COc2nnc(-c3ccccc3)o2)cc1Cl. The zero-order valence-electron chi connectivity index (χ0n) is 12.8. The van der Waals surface area contributed by atoms with Gasteiger partial charge in [-0.15, -0.1) is 5.10 Å². The Labute approximate surface area is 147 Å². The molecule has 1 amide bonds. The second-order valence-electron chi connectivity index (χ2n) is 4.88. The number of benzene rings is 2. The van der Waals surface area contributed by atoms with Gasteiger partial charge in [0, 0.05) is 11.3 Å². The third-order valence-corrected chi connectivity index (χ3v) is 3.44. The van der Waals surface area contributed by atoms with Crippen LogP contribution in [0.15, 0.2) is 52.9 Å². The van der Waals surface area contributed by atoms with Gasteiger partial charge in [-0.05, 0) is 30.3 Å². The summed E-state index contributed by atoms with van der Waals surface area (Å²) in [6.07, 6.45) is -0.105. The first-order valence-corrected chi connectivity index (χ1v) is 7.55. The van der Waals surface area contributed by atoms with Gasteiger partial charge < -0.3 is 14.5 Å². The topological polar surface area (TPSA) is 101 Å². The van der Waals surface area contributed by atoms with E-state index in [-0.39, 0.29) is 17.7 Å². The van der Waals surface area contributed by atoms with Crippen molar-refractivity contribution < 1.29 is 13.9 Å². The number of aromatic nitrogens is 2. The van der Waals surface area contributed by atoms with E-state index in [1.54, 1.807) is 6.07 Å². The quantitative estimate of drug-likeness (QED) is 0.754. The van der Waals surface area contributed by atoms with Crippen molar-refractivity contribution in [2.45, 2.75) is 0 Å². The van der Waals surface area contributed by atoms with Crippen LogP contribution in [0, 0.1) is 11.3 Å². The summed E-state index contributed by atoms with van der Waals surface area (Å²) in [5.41, 5.74) is 1.53. The van der Waals surface area contributed by atoms with Crippen molar-refractivity contribution in [2.75, 3.05) is 11.9 Å². The number of halogens is 1. The molecule has 3 aromatic rings. The Morgan fingerprint density at radius 3 is 2.76 bits per heavy atom. The average Bonchev–Trinajstić information content (AvgIpc) is 3.10. The van der Waals surface area contributed by atoms with E-state index in [0.717, 1.165) is 5.56 Å². The smallest absolute Gasteiger partial charge is 0.415 e. The highest BCUT2D eigenvalue weighted by Crippen LogP contribution is 2.21. The highest BCUT2D eigenvalue weighted by atomic mass is 35.5. The minimum Gasteiger partial charge on any atom is -0.439 e. The molecular formula is C17H11ClN4O3. The first-order chi connectivity index (χ1) is 12.2. The minimum absolute atomic E-state index is 0.105. The lowest BCUT2D eigenvalue weighted by Gasteiger charge is -2.05. The van der Waals surface area contributed by atoms with Gasteiger partial charge in [0.1, 0.15) is 6.07 Å². The Bertz CT molecular complexity index is 935. The molecule has 0 aliphatic carbocycles. The number of nitrogens with zero attached hydrogens (tertiary/aromatic N) is 3. The number of nitrogens with one attached hydrogen (secondary N) is 1. The molecule has 8 heteroatoms. The molecule has 1 heterocycles. The first kappa shape index (κ1) is 16.5. The third kappa shape index (κ3) is 4.13. The van der Waals surface area contributed by atoms with Crippen molar-refractivity contribution >= 4 is 23.2 Å². The van der Waals surface area contributed by atoms with Gasteiger partial charge in [0.2, 0.25) is 0 Å². The monoisotopic (exact) mass is 354 g/mol. The molecule has 0 spiro atoms. The lowest BCUT2D eigenvalue weighted by Crippen LogP contribution is -2.20. The van der Waals surface area contributed by atoms with E-state index < -0.39 is 5.91 Å². The van der Waals surface area contributed by atoms with Crippen molar-refractivity contribution in [3.8, 4) is 23.6 Å². The molecule has 2 aromatic carbocycles. The van der Waals surface area contributed by atoms with Gasteiger partial charge >= 0.3 is 6.08 Å². The zero-order chi connectivity index (χ0) is 17.6. The molecule has 0 saturated heterocycles. The van der Waals surface area contributed by atoms with Gasteiger partial charge in [0.25, 0.3) is 11.8 Å². The maximum Gasteiger partial charge on any atom is 0.415 e. The number of rotatable bonds is 5. The van der Waals surface area contributed by atoms with Crippen LogP contribution in [0.25, 0.3) is 11.5 Å². The predicted octanol–water partition coefficient (Wildman–Crippen LogP) is 3.28. The zero-order valence-corrected chi connectivity index (χ0v) is 13.5. The fourth-order valence-electron chi connectivity index (χ4n) is 1.97. The third-order valence-electron chi connectivity index (χ3n) is 3.13. The molecule has 0 aliphatic rings. The molecule has 7 nitrogen and oxygen atoms in total. The van der Waals surface area contributed by atoms with Crippen LogP contribution in [0.1, 0.15) is 5.56 Å². The van der Waals surface area contributed by atoms with Crippen LogP contribution >= 0.6 is 11.6 Å². The van der Waals surface area contributed by atoms with Gasteiger partial charge in [0.15, 0.2) is 6.61 Å². The number of ether oxygens (including phenoxy) is 1. The summed E-state index contributed by atoms with van der Waals surface area (Å²) in [6.45, 7) is -0.311. The summed E-state index contributed by atoms with van der Waals surface area (Å²) in [5, 5.41) is 19.3. The van der Waals surface area contributed by atoms with E-state index in [2.05, 4.69) is 15.5 Å². The van der Waals surface area contributed by atoms with Crippen LogP contribution in [-0.4, -0.2) is 22.7 Å². The molecule has 124 valence electrons. The van der Waals surface area contributed by atoms with E-state index in [9.17, 15) is 4.79 Å². The number of hydrogen-bond acceptors (Lipinski definition) is 6. The summed E-state index contributed by atoms with van der Waals surface area (Å²) < 4.78 is 10.5. The maximum absolute atomic E-state index is 11.9. The summed E-state index contributed by atoms with van der Waals surface area (Å²) in [5.74, 6) is -0.130. The van der Waals surface area contributed by atoms with E-state index in [1.165, 1.54) is 12.1 Å². The molecule has 25 heavy (non-hydrogen) atoms. The van der Waals surface area contributed by atoms with Gasteiger partial charge in [-0.1, -0.05) is 34.9 Å². The second-order valence-corrected chi connectivity index (χ2v) is 5.29. The van der Waals surface area contributed by atoms with Crippen LogP contribution < -0.4 is 10.1 Å². The Balaban J connectivity index is 1.57. The Kier molecular flexibility index (Phi) is 4.92. The van der Waals surface area contributed by atoms with Crippen LogP contribution in [0.5, 0.6) is 6.08 Å². The molecule has 0 unspecified atom stereocenters. The average molecular weight is 355 g/mol. The molecular weight excluding hydrogens is 344 g/mol. The van der Waals surface area contributed by atoms with Crippen LogP contribution in [0.3, 0.4) is 0 Å². The molecule has 1 N–H and O–H groups in total. The number of carbonyl (C=O) groups excluding carboxylic acids is 1. The van der Waals surface area contributed by atoms with E-state index in [4.69, 9.17) is 26.0 Å². The molecule has 0 fully saturated rings. The molecule has 0 radical (unpaired) electrons. The van der Waals surface area contributed by atoms with Crippen LogP contribution in [0.4, 0.5) is 5.69 Å². The van der Waals surface area contributed by atoms with Crippen molar-refractivity contribution in [3.63, 3.8) is 0 Å². The molecule has 0 aliphatic heterocycles. The van der Waals surface area contributed by atoms with Crippen molar-refractivity contribution in [3.05, 3.63) is 59.1 Å². The molecule has 0 bridgehead atoms. The Morgan fingerprint density at radius 1 is 1.24 bits per heavy atom. The fourth-order valence-corrected chi connectivity index (χ4v) is 2.20. The molecule has 3 rings (SSSR count). The van der Waals surface area contributed by atoms with Crippen molar-refractivity contribution in [1.82, 2.24) is 10.2 Å². The van der Waals surface area contributed by atoms with Crippen LogP contribution in [0.2, 0.25) is 5.02 Å². The lowest BCUT2D eigenvalue weighted by atomic mass is 10.2. The van der Waals surface area contributed by atoms with Gasteiger partial charge in [-0.25, -0.2) is 0 Å². The van der Waals surface area contributed by atoms with E-state index >= 15 is 0 Å². The summed E-state index contributed by atoms with van der Waals surface area (Å²) in [7, 11) is 0. The molecule has 1 aromatic heterocycles. The largest absolute Gasteiger partial charge is 0.439 e. The summed E-state index contributed by atoms with van der Waals surface area (Å²) in [6, 6.07) is 15.7. The highest BCUT2D eigenvalue weighted by Gasteiger charge is 2.11. The second kappa shape index (κ2) is 7.47. The van der Waals surface area contributed by atoms with Gasteiger partial charge in [-0.2, -0.15) is 5.26 Å². The number of nitriles is 1. The Hall–Kier alpha value is -3.37. The first-order valence-electron chi connectivity index (χ1n) is 7.17. The molecule has 0 atom stereocenters. The lowest BCUT2D eigenvalue weighted by molar-refractivity contribution is -0.118. The van der Waals surface area contributed by atoms with Crippen molar-refractivity contribution in [1.29, 1.82) is 5.26 Å². The summed E-state index contributed by atoms with van der Waals surface area (Å²) in [4.78, 5) is 11.9. The summed E-state index contributed by atoms with van der Waals surface area (Å²) >= 11 is 5.91. The van der Waals surface area contributed by atoms with E-state index in [0.29, 0.717) is 17.1 Å².